The maximum absolute atomic E-state index is 10.8. The zero-order valence-corrected chi connectivity index (χ0v) is 9.11. The number of ether oxygens (including phenoxy) is 2. The lowest BCUT2D eigenvalue weighted by Crippen LogP contribution is -1.97. The summed E-state index contributed by atoms with van der Waals surface area (Å²) in [6.45, 7) is 0. The summed E-state index contributed by atoms with van der Waals surface area (Å²) in [4.78, 5) is 10.8. The molecule has 0 unspecified atom stereocenters. The molecule has 1 aromatic rings. The topological polar surface area (TPSA) is 55.8 Å². The van der Waals surface area contributed by atoms with Crippen LogP contribution in [0.15, 0.2) is 18.2 Å². The molecule has 16 heavy (non-hydrogen) atoms. The minimum Gasteiger partial charge on any atom is -0.504 e. The molecule has 0 heterocycles. The fourth-order valence-electron chi connectivity index (χ4n) is 1.05. The highest BCUT2D eigenvalue weighted by Gasteiger charge is 2.00. The summed E-state index contributed by atoms with van der Waals surface area (Å²) in [6.07, 6.45) is 0.0414. The van der Waals surface area contributed by atoms with E-state index in [0.29, 0.717) is 11.3 Å². The van der Waals surface area contributed by atoms with Crippen molar-refractivity contribution < 1.29 is 19.4 Å². The summed E-state index contributed by atoms with van der Waals surface area (Å²) >= 11 is 0. The molecular weight excluding hydrogens is 208 g/mol. The Morgan fingerprint density at radius 3 is 2.81 bits per heavy atom. The van der Waals surface area contributed by atoms with Gasteiger partial charge in [-0.25, -0.2) is 0 Å². The molecule has 1 aromatic carbocycles. The van der Waals surface area contributed by atoms with Crippen LogP contribution in [-0.4, -0.2) is 25.3 Å². The number of phenols is 1. The number of carbonyl (C=O) groups is 1. The SMILES string of the molecule is COC(=O)CC#Cc1ccc(O)c(OC)c1. The lowest BCUT2D eigenvalue weighted by molar-refractivity contribution is -0.139. The van der Waals surface area contributed by atoms with Crippen molar-refractivity contribution in [1.29, 1.82) is 0 Å². The lowest BCUT2D eigenvalue weighted by Gasteiger charge is -2.02. The summed E-state index contributed by atoms with van der Waals surface area (Å²) in [7, 11) is 2.77. The molecule has 0 bridgehead atoms. The number of phenolic OH excluding ortho intramolecular Hbond substituents is 1. The second-order valence-electron chi connectivity index (χ2n) is 2.94. The molecule has 1 rings (SSSR count). The van der Waals surface area contributed by atoms with Crippen molar-refractivity contribution >= 4 is 5.97 Å². The normalized spacial score (nSPS) is 8.88. The van der Waals surface area contributed by atoms with Gasteiger partial charge in [-0.3, -0.25) is 4.79 Å². The molecule has 4 heteroatoms. The number of methoxy groups -OCH3 is 2. The standard InChI is InChI=1S/C12H12O4/c1-15-11-8-9(6-7-10(11)13)4-3-5-12(14)16-2/h6-8,13H,5H2,1-2H3. The largest absolute Gasteiger partial charge is 0.504 e. The van der Waals surface area contributed by atoms with Crippen LogP contribution in [0.3, 0.4) is 0 Å². The summed E-state index contributed by atoms with van der Waals surface area (Å²) in [5.74, 6) is 5.46. The minimum absolute atomic E-state index is 0.0414. The molecule has 0 saturated heterocycles. The Hall–Kier alpha value is -2.15. The highest BCUT2D eigenvalue weighted by Crippen LogP contribution is 2.25. The van der Waals surface area contributed by atoms with Crippen LogP contribution >= 0.6 is 0 Å². The molecule has 0 aliphatic carbocycles. The first kappa shape index (κ1) is 11.9. The number of benzene rings is 1. The molecule has 0 radical (unpaired) electrons. The maximum Gasteiger partial charge on any atom is 0.317 e. The van der Waals surface area contributed by atoms with Gasteiger partial charge in [0.25, 0.3) is 0 Å². The monoisotopic (exact) mass is 220 g/mol. The third kappa shape index (κ3) is 3.21. The van der Waals surface area contributed by atoms with Gasteiger partial charge in [-0.1, -0.05) is 11.8 Å². The van der Waals surface area contributed by atoms with Crippen LogP contribution in [0.25, 0.3) is 0 Å². The van der Waals surface area contributed by atoms with Gasteiger partial charge in [0, 0.05) is 5.56 Å². The van der Waals surface area contributed by atoms with Crippen LogP contribution in [-0.2, 0) is 9.53 Å². The van der Waals surface area contributed by atoms with E-state index in [1.54, 1.807) is 12.1 Å². The minimum atomic E-state index is -0.377. The van der Waals surface area contributed by atoms with E-state index in [9.17, 15) is 9.90 Å². The van der Waals surface area contributed by atoms with Gasteiger partial charge >= 0.3 is 5.97 Å². The third-order valence-corrected chi connectivity index (χ3v) is 1.87. The van der Waals surface area contributed by atoms with Crippen molar-refractivity contribution in [3.05, 3.63) is 23.8 Å². The van der Waals surface area contributed by atoms with Crippen molar-refractivity contribution in [2.45, 2.75) is 6.42 Å². The molecule has 4 nitrogen and oxygen atoms in total. The number of hydrogen-bond donors (Lipinski definition) is 1. The molecule has 84 valence electrons. The van der Waals surface area contributed by atoms with Crippen LogP contribution in [0, 0.1) is 11.8 Å². The molecule has 0 fully saturated rings. The van der Waals surface area contributed by atoms with Gasteiger partial charge in [-0.2, -0.15) is 0 Å². The zero-order chi connectivity index (χ0) is 12.0. The van der Waals surface area contributed by atoms with Gasteiger partial charge in [0.05, 0.1) is 14.2 Å². The Bertz CT molecular complexity index is 440. The summed E-state index contributed by atoms with van der Waals surface area (Å²) < 4.78 is 9.37. The maximum atomic E-state index is 10.8. The highest BCUT2D eigenvalue weighted by atomic mass is 16.5. The Balaban J connectivity index is 2.78. The van der Waals surface area contributed by atoms with Gasteiger partial charge in [-0.05, 0) is 18.2 Å². The molecule has 0 spiro atoms. The van der Waals surface area contributed by atoms with Gasteiger partial charge in [0.1, 0.15) is 6.42 Å². The fourth-order valence-corrected chi connectivity index (χ4v) is 1.05. The summed E-state index contributed by atoms with van der Waals surface area (Å²) in [5, 5.41) is 9.34. The van der Waals surface area contributed by atoms with Crippen LogP contribution in [0.2, 0.25) is 0 Å². The summed E-state index contributed by atoms with van der Waals surface area (Å²) in [5.41, 5.74) is 0.665. The van der Waals surface area contributed by atoms with Crippen molar-refractivity contribution in [3.8, 4) is 23.3 Å². The molecule has 0 aliphatic rings. The number of carbonyl (C=O) groups excluding carboxylic acids is 1. The Labute approximate surface area is 93.8 Å². The lowest BCUT2D eigenvalue weighted by atomic mass is 10.2. The number of rotatable bonds is 2. The van der Waals surface area contributed by atoms with Gasteiger partial charge < -0.3 is 14.6 Å². The van der Waals surface area contributed by atoms with E-state index in [1.807, 2.05) is 0 Å². The van der Waals surface area contributed by atoms with Crippen LogP contribution < -0.4 is 4.74 Å². The van der Waals surface area contributed by atoms with Crippen molar-refractivity contribution in [2.75, 3.05) is 14.2 Å². The molecule has 0 aromatic heterocycles. The first-order chi connectivity index (χ1) is 7.67. The van der Waals surface area contributed by atoms with Gasteiger partial charge in [-0.15, -0.1) is 0 Å². The van der Waals surface area contributed by atoms with E-state index >= 15 is 0 Å². The molecule has 0 amide bonds. The van der Waals surface area contributed by atoms with Gasteiger partial charge in [0.2, 0.25) is 0 Å². The smallest absolute Gasteiger partial charge is 0.317 e. The highest BCUT2D eigenvalue weighted by molar-refractivity contribution is 5.72. The van der Waals surface area contributed by atoms with E-state index in [4.69, 9.17) is 4.74 Å². The molecule has 1 N–H and O–H groups in total. The first-order valence-corrected chi connectivity index (χ1v) is 4.60. The predicted octanol–water partition coefficient (Wildman–Crippen LogP) is 1.32. The Kier molecular flexibility index (Phi) is 4.22. The number of esters is 1. The molecule has 0 atom stereocenters. The van der Waals surface area contributed by atoms with Crippen LogP contribution in [0.4, 0.5) is 0 Å². The van der Waals surface area contributed by atoms with Crippen molar-refractivity contribution in [2.24, 2.45) is 0 Å². The second kappa shape index (κ2) is 5.66. The zero-order valence-electron chi connectivity index (χ0n) is 9.11. The predicted molar refractivity (Wildman–Crippen MR) is 58.2 cm³/mol. The van der Waals surface area contributed by atoms with Gasteiger partial charge in [0.15, 0.2) is 11.5 Å². The van der Waals surface area contributed by atoms with E-state index < -0.39 is 0 Å². The third-order valence-electron chi connectivity index (χ3n) is 1.87. The fraction of sp³-hybridized carbons (Fsp3) is 0.250. The Morgan fingerprint density at radius 1 is 1.44 bits per heavy atom. The van der Waals surface area contributed by atoms with Crippen LogP contribution in [0.5, 0.6) is 11.5 Å². The van der Waals surface area contributed by atoms with E-state index in [-0.39, 0.29) is 18.1 Å². The number of aromatic hydroxyl groups is 1. The average Bonchev–Trinajstić information content (AvgIpc) is 2.31. The first-order valence-electron chi connectivity index (χ1n) is 4.60. The Morgan fingerprint density at radius 2 is 2.19 bits per heavy atom. The quantitative estimate of drug-likeness (QED) is 0.603. The molecular formula is C12H12O4. The summed E-state index contributed by atoms with van der Waals surface area (Å²) in [6, 6.07) is 4.72. The van der Waals surface area contributed by atoms with E-state index in [1.165, 1.54) is 20.3 Å². The van der Waals surface area contributed by atoms with Crippen molar-refractivity contribution in [1.82, 2.24) is 0 Å². The average molecular weight is 220 g/mol. The van der Waals surface area contributed by atoms with Crippen molar-refractivity contribution in [3.63, 3.8) is 0 Å². The van der Waals surface area contributed by atoms with E-state index in [0.717, 1.165) is 0 Å². The number of hydrogen-bond acceptors (Lipinski definition) is 4. The molecule has 0 saturated carbocycles. The second-order valence-corrected chi connectivity index (χ2v) is 2.94. The van der Waals surface area contributed by atoms with Crippen LogP contribution in [0.1, 0.15) is 12.0 Å². The van der Waals surface area contributed by atoms with E-state index in [2.05, 4.69) is 16.6 Å². The molecule has 0 aliphatic heterocycles.